The first-order valence-corrected chi connectivity index (χ1v) is 8.36. The van der Waals surface area contributed by atoms with Gasteiger partial charge < -0.3 is 5.32 Å². The molecule has 0 aliphatic heterocycles. The average molecular weight is 376 g/mol. The van der Waals surface area contributed by atoms with Gasteiger partial charge in [-0.15, -0.1) is 0 Å². The van der Waals surface area contributed by atoms with Crippen molar-refractivity contribution in [1.29, 1.82) is 5.26 Å². The molecule has 0 aliphatic carbocycles. The van der Waals surface area contributed by atoms with E-state index in [0.29, 0.717) is 11.3 Å². The Kier molecular flexibility index (Phi) is 6.11. The number of benzene rings is 2. The molecule has 0 fully saturated rings. The number of carbonyl (C=O) groups excluding carboxylic acids is 1. The van der Waals surface area contributed by atoms with Crippen LogP contribution in [0.4, 0.5) is 18.9 Å². The van der Waals surface area contributed by atoms with Crippen LogP contribution in [-0.4, -0.2) is 11.4 Å². The Labute approximate surface area is 153 Å². The number of anilines is 1. The van der Waals surface area contributed by atoms with Gasteiger partial charge in [-0.3, -0.25) is 4.79 Å². The highest BCUT2D eigenvalue weighted by Gasteiger charge is 2.28. The molecule has 134 valence electrons. The number of hydrogen-bond acceptors (Lipinski definition) is 3. The van der Waals surface area contributed by atoms with Crippen molar-refractivity contribution in [1.82, 2.24) is 0 Å². The van der Waals surface area contributed by atoms with Crippen LogP contribution in [0.3, 0.4) is 0 Å². The van der Waals surface area contributed by atoms with Crippen molar-refractivity contribution < 1.29 is 18.0 Å². The number of nitrogens with zero attached hydrogens (tertiary/aromatic N) is 1. The van der Waals surface area contributed by atoms with Crippen LogP contribution in [0.1, 0.15) is 16.7 Å². The van der Waals surface area contributed by atoms with E-state index in [1.54, 1.807) is 0 Å². The van der Waals surface area contributed by atoms with Gasteiger partial charge in [0.2, 0.25) is 0 Å². The van der Waals surface area contributed by atoms with Crippen molar-refractivity contribution >= 4 is 29.4 Å². The fraction of sp³-hybridized carbons (Fsp3) is 0.158. The van der Waals surface area contributed by atoms with Crippen LogP contribution >= 0.6 is 11.8 Å². The fourth-order valence-corrected chi connectivity index (χ4v) is 2.81. The van der Waals surface area contributed by atoms with Crippen molar-refractivity contribution in [3.63, 3.8) is 0 Å². The summed E-state index contributed by atoms with van der Waals surface area (Å²) in [6, 6.07) is 12.8. The first kappa shape index (κ1) is 19.6. The zero-order chi connectivity index (χ0) is 19.3. The second-order valence-electron chi connectivity index (χ2n) is 5.51. The van der Waals surface area contributed by atoms with Crippen LogP contribution in [0, 0.1) is 25.2 Å². The third-order valence-corrected chi connectivity index (χ3v) is 4.25. The summed E-state index contributed by atoms with van der Waals surface area (Å²) in [5, 5.41) is 12.0. The Bertz CT molecular complexity index is 861. The lowest BCUT2D eigenvalue weighted by atomic mass is 10.1. The van der Waals surface area contributed by atoms with Crippen LogP contribution in [0.15, 0.2) is 52.9 Å². The molecule has 2 aromatic rings. The van der Waals surface area contributed by atoms with Gasteiger partial charge in [0.15, 0.2) is 0 Å². The van der Waals surface area contributed by atoms with E-state index in [0.717, 1.165) is 11.1 Å². The zero-order valence-electron chi connectivity index (χ0n) is 14.0. The predicted octanol–water partition coefficient (Wildman–Crippen LogP) is 5.46. The van der Waals surface area contributed by atoms with E-state index in [4.69, 9.17) is 0 Å². The second kappa shape index (κ2) is 8.11. The molecule has 3 nitrogen and oxygen atoms in total. The van der Waals surface area contributed by atoms with Crippen molar-refractivity contribution in [2.75, 3.05) is 5.32 Å². The molecule has 0 unspecified atom stereocenters. The number of para-hydroxylation sites is 1. The minimum atomic E-state index is -4.36. The minimum Gasteiger partial charge on any atom is -0.321 e. The van der Waals surface area contributed by atoms with Gasteiger partial charge in [-0.05, 0) is 60.5 Å². The molecule has 2 aromatic carbocycles. The van der Waals surface area contributed by atoms with E-state index >= 15 is 0 Å². The van der Waals surface area contributed by atoms with Gasteiger partial charge in [-0.2, -0.15) is 18.4 Å². The molecule has 26 heavy (non-hydrogen) atoms. The Hall–Kier alpha value is -2.72. The quantitative estimate of drug-likeness (QED) is 0.438. The minimum absolute atomic E-state index is 0.0353. The van der Waals surface area contributed by atoms with Gasteiger partial charge >= 0.3 is 5.51 Å². The number of halogens is 3. The number of hydrogen-bond donors (Lipinski definition) is 1. The lowest BCUT2D eigenvalue weighted by Gasteiger charge is -2.11. The van der Waals surface area contributed by atoms with Gasteiger partial charge in [0.1, 0.15) is 11.6 Å². The number of aryl methyl sites for hydroxylation is 2. The molecule has 0 spiro atoms. The van der Waals surface area contributed by atoms with Crippen molar-refractivity contribution in [3.8, 4) is 6.07 Å². The summed E-state index contributed by atoms with van der Waals surface area (Å²) in [5.41, 5.74) is -1.67. The summed E-state index contributed by atoms with van der Waals surface area (Å²) in [6.45, 7) is 3.69. The SMILES string of the molecule is Cc1cccc(C)c1NC(=O)/C(C#N)=C/c1ccc(SC(F)(F)F)cc1. The molecule has 0 saturated carbocycles. The molecule has 1 amide bonds. The maximum atomic E-state index is 12.4. The molecule has 1 N–H and O–H groups in total. The van der Waals surface area contributed by atoms with Crippen LogP contribution < -0.4 is 5.32 Å². The molecular formula is C19H15F3N2OS. The van der Waals surface area contributed by atoms with E-state index in [2.05, 4.69) is 5.32 Å². The Morgan fingerprint density at radius 2 is 1.69 bits per heavy atom. The molecule has 0 atom stereocenters. The van der Waals surface area contributed by atoms with E-state index in [1.165, 1.54) is 30.3 Å². The monoisotopic (exact) mass is 376 g/mol. The van der Waals surface area contributed by atoms with Crippen LogP contribution in [0.5, 0.6) is 0 Å². The maximum absolute atomic E-state index is 12.4. The number of alkyl halides is 3. The third kappa shape index (κ3) is 5.39. The normalized spacial score (nSPS) is 11.8. The summed E-state index contributed by atoms with van der Waals surface area (Å²) >= 11 is -0.220. The smallest absolute Gasteiger partial charge is 0.321 e. The number of nitrogens with one attached hydrogen (secondary N) is 1. The molecule has 0 heterocycles. The van der Waals surface area contributed by atoms with Crippen LogP contribution in [0.2, 0.25) is 0 Å². The van der Waals surface area contributed by atoms with Gasteiger partial charge in [0, 0.05) is 10.6 Å². The number of amides is 1. The highest BCUT2D eigenvalue weighted by molar-refractivity contribution is 8.00. The highest BCUT2D eigenvalue weighted by atomic mass is 32.2. The third-order valence-electron chi connectivity index (χ3n) is 3.51. The van der Waals surface area contributed by atoms with Crippen molar-refractivity contribution in [2.24, 2.45) is 0 Å². The molecule has 0 saturated heterocycles. The van der Waals surface area contributed by atoms with Crippen LogP contribution in [0.25, 0.3) is 6.08 Å². The summed E-state index contributed by atoms with van der Waals surface area (Å²) in [5.74, 6) is -0.571. The van der Waals surface area contributed by atoms with Crippen molar-refractivity contribution in [2.45, 2.75) is 24.3 Å². The molecule has 0 bridgehead atoms. The molecule has 0 aromatic heterocycles. The number of rotatable bonds is 4. The number of nitriles is 1. The lowest BCUT2D eigenvalue weighted by Crippen LogP contribution is -2.15. The lowest BCUT2D eigenvalue weighted by molar-refractivity contribution is -0.112. The molecule has 0 aliphatic rings. The van der Waals surface area contributed by atoms with E-state index in [-0.39, 0.29) is 22.2 Å². The Morgan fingerprint density at radius 1 is 1.12 bits per heavy atom. The predicted molar refractivity (Wildman–Crippen MR) is 96.5 cm³/mol. The highest BCUT2D eigenvalue weighted by Crippen LogP contribution is 2.36. The standard InChI is InChI=1S/C19H15F3N2OS/c1-12-4-3-5-13(2)17(12)24-18(25)15(11-23)10-14-6-8-16(9-7-14)26-19(20,21)22/h3-10H,1-2H3,(H,24,25)/b15-10+. The van der Waals surface area contributed by atoms with E-state index < -0.39 is 11.4 Å². The largest absolute Gasteiger partial charge is 0.446 e. The summed E-state index contributed by atoms with van der Waals surface area (Å²) < 4.78 is 37.0. The number of carbonyl (C=O) groups is 1. The maximum Gasteiger partial charge on any atom is 0.446 e. The first-order valence-electron chi connectivity index (χ1n) is 7.55. The summed E-state index contributed by atoms with van der Waals surface area (Å²) in [6.07, 6.45) is 1.34. The Balaban J connectivity index is 2.19. The van der Waals surface area contributed by atoms with Gasteiger partial charge in [-0.25, -0.2) is 0 Å². The van der Waals surface area contributed by atoms with Gasteiger partial charge in [-0.1, -0.05) is 30.3 Å². The van der Waals surface area contributed by atoms with Crippen LogP contribution in [-0.2, 0) is 4.79 Å². The number of thioether (sulfide) groups is 1. The fourth-order valence-electron chi connectivity index (χ4n) is 2.27. The molecular weight excluding hydrogens is 361 g/mol. The van der Waals surface area contributed by atoms with Gasteiger partial charge in [0.05, 0.1) is 0 Å². The Morgan fingerprint density at radius 3 is 2.19 bits per heavy atom. The van der Waals surface area contributed by atoms with E-state index in [9.17, 15) is 23.2 Å². The van der Waals surface area contributed by atoms with Gasteiger partial charge in [0.25, 0.3) is 5.91 Å². The average Bonchev–Trinajstić information content (AvgIpc) is 2.56. The summed E-state index contributed by atoms with van der Waals surface area (Å²) in [7, 11) is 0. The van der Waals surface area contributed by atoms with Crippen molar-refractivity contribution in [3.05, 3.63) is 64.7 Å². The summed E-state index contributed by atoms with van der Waals surface area (Å²) in [4.78, 5) is 12.4. The molecule has 2 rings (SSSR count). The topological polar surface area (TPSA) is 52.9 Å². The first-order chi connectivity index (χ1) is 12.2. The second-order valence-corrected chi connectivity index (χ2v) is 6.65. The zero-order valence-corrected chi connectivity index (χ0v) is 14.8. The molecule has 7 heteroatoms. The van der Waals surface area contributed by atoms with E-state index in [1.807, 2.05) is 38.1 Å². The molecule has 0 radical (unpaired) electrons.